The molecular weight excluding hydrogens is 426 g/mol. The number of nitrogens with zero attached hydrogens (tertiary/aromatic N) is 2. The Hall–Kier alpha value is -2.35. The number of anilines is 3. The molecular formula is C24H25N3O2S2. The van der Waals surface area contributed by atoms with Crippen molar-refractivity contribution in [2.24, 2.45) is 5.92 Å². The summed E-state index contributed by atoms with van der Waals surface area (Å²) in [5.74, 6) is 0.160. The Morgan fingerprint density at radius 2 is 2.13 bits per heavy atom. The minimum Gasteiger partial charge on any atom is -0.381 e. The van der Waals surface area contributed by atoms with Crippen molar-refractivity contribution in [2.75, 3.05) is 30.5 Å². The molecule has 31 heavy (non-hydrogen) atoms. The van der Waals surface area contributed by atoms with Gasteiger partial charge in [0.1, 0.15) is 0 Å². The maximum atomic E-state index is 13.3. The highest BCUT2D eigenvalue weighted by atomic mass is 32.2. The van der Waals surface area contributed by atoms with Gasteiger partial charge in [-0.25, -0.2) is 4.98 Å². The van der Waals surface area contributed by atoms with Crippen LogP contribution in [0.15, 0.2) is 63.8 Å². The second-order valence-electron chi connectivity index (χ2n) is 8.05. The summed E-state index contributed by atoms with van der Waals surface area (Å²) >= 11 is 3.23. The molecule has 160 valence electrons. The van der Waals surface area contributed by atoms with Crippen molar-refractivity contribution in [3.8, 4) is 0 Å². The Morgan fingerprint density at radius 1 is 1.26 bits per heavy atom. The lowest BCUT2D eigenvalue weighted by Gasteiger charge is -2.31. The number of hydrogen-bond acceptors (Lipinski definition) is 6. The molecule has 0 aliphatic carbocycles. The number of benzene rings is 2. The summed E-state index contributed by atoms with van der Waals surface area (Å²) in [5, 5.41) is 5.55. The van der Waals surface area contributed by atoms with E-state index >= 15 is 0 Å². The average molecular weight is 452 g/mol. The number of carbonyl (C=O) groups is 1. The molecule has 2 aliphatic heterocycles. The molecule has 1 fully saturated rings. The normalized spacial score (nSPS) is 18.7. The Labute approximate surface area is 190 Å². The topological polar surface area (TPSA) is 54.5 Å². The zero-order valence-corrected chi connectivity index (χ0v) is 19.0. The van der Waals surface area contributed by atoms with Crippen molar-refractivity contribution >= 4 is 45.5 Å². The lowest BCUT2D eigenvalue weighted by atomic mass is 9.85. The van der Waals surface area contributed by atoms with Crippen LogP contribution >= 0.6 is 23.1 Å². The van der Waals surface area contributed by atoms with Crippen molar-refractivity contribution < 1.29 is 9.53 Å². The smallest absolute Gasteiger partial charge is 0.233 e. The number of ether oxygens (including phenoxy) is 1. The molecule has 2 unspecified atom stereocenters. The van der Waals surface area contributed by atoms with E-state index in [-0.39, 0.29) is 11.8 Å². The van der Waals surface area contributed by atoms with Gasteiger partial charge in [0.2, 0.25) is 5.91 Å². The van der Waals surface area contributed by atoms with Crippen LogP contribution in [0.4, 0.5) is 16.5 Å². The second-order valence-corrected chi connectivity index (χ2v) is 10.0. The molecule has 2 aliphatic rings. The first-order chi connectivity index (χ1) is 15.2. The van der Waals surface area contributed by atoms with Crippen LogP contribution < -0.4 is 10.2 Å². The first-order valence-electron chi connectivity index (χ1n) is 10.6. The van der Waals surface area contributed by atoms with E-state index in [2.05, 4.69) is 64.7 Å². The maximum Gasteiger partial charge on any atom is 0.233 e. The third kappa shape index (κ3) is 4.35. The van der Waals surface area contributed by atoms with E-state index in [1.807, 2.05) is 5.38 Å². The third-order valence-electron chi connectivity index (χ3n) is 6.00. The molecule has 3 aromatic rings. The van der Waals surface area contributed by atoms with Gasteiger partial charge in [-0.2, -0.15) is 0 Å². The number of para-hydroxylation sites is 1. The SMILES string of the molecule is CN1c2ccccc2Sc2ccc(C(CC3CCCOC3)C(=O)Nc3nccs3)cc21. The van der Waals surface area contributed by atoms with E-state index in [1.54, 1.807) is 18.0 Å². The van der Waals surface area contributed by atoms with Gasteiger partial charge in [0, 0.05) is 41.6 Å². The molecule has 0 radical (unpaired) electrons. The highest BCUT2D eigenvalue weighted by Gasteiger charge is 2.29. The highest BCUT2D eigenvalue weighted by molar-refractivity contribution is 7.99. The summed E-state index contributed by atoms with van der Waals surface area (Å²) in [6, 6.07) is 14.9. The lowest BCUT2D eigenvalue weighted by molar-refractivity contribution is -0.118. The summed E-state index contributed by atoms with van der Waals surface area (Å²) in [5.41, 5.74) is 3.39. The zero-order valence-electron chi connectivity index (χ0n) is 17.4. The van der Waals surface area contributed by atoms with E-state index in [1.165, 1.54) is 26.8 Å². The van der Waals surface area contributed by atoms with Crippen LogP contribution in [0.3, 0.4) is 0 Å². The van der Waals surface area contributed by atoms with Crippen LogP contribution in [0.5, 0.6) is 0 Å². The number of carbonyl (C=O) groups excluding carboxylic acids is 1. The monoisotopic (exact) mass is 451 g/mol. The number of thiazole rings is 1. The van der Waals surface area contributed by atoms with Crippen LogP contribution in [-0.4, -0.2) is 31.2 Å². The molecule has 1 amide bonds. The first-order valence-corrected chi connectivity index (χ1v) is 12.3. The Morgan fingerprint density at radius 3 is 2.94 bits per heavy atom. The van der Waals surface area contributed by atoms with Crippen LogP contribution in [0, 0.1) is 5.92 Å². The Kier molecular flexibility index (Phi) is 5.98. The number of rotatable bonds is 5. The lowest BCUT2D eigenvalue weighted by Crippen LogP contribution is -2.27. The summed E-state index contributed by atoms with van der Waals surface area (Å²) in [4.78, 5) is 22.3. The number of hydrogen-bond donors (Lipinski definition) is 1. The standard InChI is InChI=1S/C24H25N3O2S2/c1-27-19-6-2-3-7-21(19)31-22-9-8-17(14-20(22)27)18(13-16-5-4-11-29-15-16)23(28)26-24-25-10-12-30-24/h2-3,6-10,12,14,16,18H,4-5,11,13,15H2,1H3,(H,25,26,28). The third-order valence-corrected chi connectivity index (χ3v) is 7.81. The van der Waals surface area contributed by atoms with Gasteiger partial charge >= 0.3 is 0 Å². The number of nitrogens with one attached hydrogen (secondary N) is 1. The van der Waals surface area contributed by atoms with Crippen LogP contribution in [0.1, 0.15) is 30.7 Å². The number of amides is 1. The van der Waals surface area contributed by atoms with Gasteiger partial charge < -0.3 is 15.0 Å². The molecule has 2 aromatic carbocycles. The van der Waals surface area contributed by atoms with Crippen molar-refractivity contribution in [1.29, 1.82) is 0 Å². The minimum absolute atomic E-state index is 0.00647. The zero-order chi connectivity index (χ0) is 21.2. The molecule has 0 saturated carbocycles. The fraction of sp³-hybridized carbons (Fsp3) is 0.333. The maximum absolute atomic E-state index is 13.3. The average Bonchev–Trinajstić information content (AvgIpc) is 3.31. The number of aromatic nitrogens is 1. The predicted octanol–water partition coefficient (Wildman–Crippen LogP) is 5.91. The first kappa shape index (κ1) is 20.5. The number of fused-ring (bicyclic) bond motifs is 2. The van der Waals surface area contributed by atoms with Crippen molar-refractivity contribution in [3.63, 3.8) is 0 Å². The molecule has 1 aromatic heterocycles. The van der Waals surface area contributed by atoms with Crippen LogP contribution in [0.2, 0.25) is 0 Å². The molecule has 2 atom stereocenters. The van der Waals surface area contributed by atoms with Gasteiger partial charge in [0.15, 0.2) is 5.13 Å². The summed E-state index contributed by atoms with van der Waals surface area (Å²) in [6.07, 6.45) is 4.66. The van der Waals surface area contributed by atoms with Gasteiger partial charge in [0.05, 0.1) is 17.3 Å². The van der Waals surface area contributed by atoms with E-state index in [0.717, 1.165) is 43.7 Å². The molecule has 3 heterocycles. The molecule has 0 bridgehead atoms. The quantitative estimate of drug-likeness (QED) is 0.522. The van der Waals surface area contributed by atoms with Crippen LogP contribution in [0.25, 0.3) is 0 Å². The largest absolute Gasteiger partial charge is 0.381 e. The summed E-state index contributed by atoms with van der Waals surface area (Å²) in [7, 11) is 2.10. The molecule has 1 N–H and O–H groups in total. The van der Waals surface area contributed by atoms with Gasteiger partial charge in [-0.15, -0.1) is 11.3 Å². The molecule has 5 nitrogen and oxygen atoms in total. The van der Waals surface area contributed by atoms with Gasteiger partial charge in [-0.1, -0.05) is 30.0 Å². The predicted molar refractivity (Wildman–Crippen MR) is 127 cm³/mol. The fourth-order valence-electron chi connectivity index (χ4n) is 4.37. The van der Waals surface area contributed by atoms with Crippen molar-refractivity contribution in [2.45, 2.75) is 35.0 Å². The highest BCUT2D eigenvalue weighted by Crippen LogP contribution is 2.48. The van der Waals surface area contributed by atoms with Crippen molar-refractivity contribution in [1.82, 2.24) is 4.98 Å². The van der Waals surface area contributed by atoms with Crippen LogP contribution in [-0.2, 0) is 9.53 Å². The molecule has 0 spiro atoms. The van der Waals surface area contributed by atoms with Gasteiger partial charge in [0.25, 0.3) is 0 Å². The minimum atomic E-state index is -0.239. The molecule has 1 saturated heterocycles. The van der Waals surface area contributed by atoms with E-state index in [4.69, 9.17) is 4.74 Å². The van der Waals surface area contributed by atoms with Crippen molar-refractivity contribution in [3.05, 3.63) is 59.6 Å². The van der Waals surface area contributed by atoms with Gasteiger partial charge in [-0.05, 0) is 55.0 Å². The fourth-order valence-corrected chi connectivity index (χ4v) is 6.03. The van der Waals surface area contributed by atoms with E-state index in [0.29, 0.717) is 11.0 Å². The summed E-state index contributed by atoms with van der Waals surface area (Å²) in [6.45, 7) is 1.56. The molecule has 7 heteroatoms. The summed E-state index contributed by atoms with van der Waals surface area (Å²) < 4.78 is 5.70. The van der Waals surface area contributed by atoms with E-state index in [9.17, 15) is 4.79 Å². The Bertz CT molecular complexity index is 1060. The van der Waals surface area contributed by atoms with Gasteiger partial charge in [-0.3, -0.25) is 4.79 Å². The van der Waals surface area contributed by atoms with E-state index < -0.39 is 0 Å². The second kappa shape index (κ2) is 9.02. The molecule has 5 rings (SSSR count). The Balaban J connectivity index is 1.46.